The third-order valence-corrected chi connectivity index (χ3v) is 1.75. The molecule has 0 bridgehead atoms. The summed E-state index contributed by atoms with van der Waals surface area (Å²) < 4.78 is 56.6. The van der Waals surface area contributed by atoms with E-state index in [-0.39, 0.29) is 5.88 Å². The fraction of sp³-hybridized carbons (Fsp3) is 0.375. The molecular weight excluding hydrogens is 264 g/mol. The number of nitrogens with zero attached hydrogens (tertiary/aromatic N) is 2. The Balaban J connectivity index is 3.39. The summed E-state index contributed by atoms with van der Waals surface area (Å²) in [5, 5.41) is 10.6. The minimum absolute atomic E-state index is 0.385. The Labute approximate surface area is 97.3 Å². The Bertz CT molecular complexity index is 463. The summed E-state index contributed by atoms with van der Waals surface area (Å²) in [6.45, 7) is -1.47. The Hall–Kier alpha value is -2.13. The van der Waals surface area contributed by atoms with Gasteiger partial charge in [0.25, 0.3) is 0 Å². The summed E-state index contributed by atoms with van der Waals surface area (Å²) >= 11 is 0. The highest BCUT2D eigenvalue weighted by Gasteiger charge is 2.37. The SMILES string of the molecule is COc1cc([N+](=O)[O-])c(OC(F)(F)F)c(CF)n1. The summed E-state index contributed by atoms with van der Waals surface area (Å²) in [7, 11) is 1.08. The van der Waals surface area contributed by atoms with Crippen LogP contribution in [0.1, 0.15) is 5.69 Å². The van der Waals surface area contributed by atoms with Crippen molar-refractivity contribution in [3.05, 3.63) is 21.9 Å². The van der Waals surface area contributed by atoms with Crippen LogP contribution in [0.5, 0.6) is 11.6 Å². The second-order valence-corrected chi connectivity index (χ2v) is 2.90. The smallest absolute Gasteiger partial charge is 0.481 e. The maximum atomic E-state index is 12.5. The van der Waals surface area contributed by atoms with Crippen molar-refractivity contribution in [2.75, 3.05) is 7.11 Å². The molecule has 0 aromatic carbocycles. The lowest BCUT2D eigenvalue weighted by atomic mass is 10.3. The van der Waals surface area contributed by atoms with E-state index in [1.165, 1.54) is 0 Å². The first kappa shape index (κ1) is 13.9. The predicted molar refractivity (Wildman–Crippen MR) is 48.9 cm³/mol. The minimum atomic E-state index is -5.19. The molecule has 0 saturated heterocycles. The molecule has 1 aromatic heterocycles. The van der Waals surface area contributed by atoms with E-state index in [2.05, 4.69) is 14.5 Å². The van der Waals surface area contributed by atoms with E-state index in [9.17, 15) is 27.7 Å². The molecule has 0 N–H and O–H groups in total. The van der Waals surface area contributed by atoms with Gasteiger partial charge in [0.05, 0.1) is 18.1 Å². The van der Waals surface area contributed by atoms with Gasteiger partial charge in [-0.05, 0) is 0 Å². The summed E-state index contributed by atoms with van der Waals surface area (Å²) in [5.41, 5.74) is -1.94. The molecule has 0 aliphatic rings. The van der Waals surface area contributed by atoms with E-state index < -0.39 is 35.1 Å². The average Bonchev–Trinajstić information content (AvgIpc) is 2.26. The van der Waals surface area contributed by atoms with E-state index in [1.807, 2.05) is 0 Å². The monoisotopic (exact) mass is 270 g/mol. The summed E-state index contributed by atoms with van der Waals surface area (Å²) in [5.74, 6) is -1.67. The van der Waals surface area contributed by atoms with Crippen LogP contribution in [0.3, 0.4) is 0 Å². The lowest BCUT2D eigenvalue weighted by Crippen LogP contribution is -2.19. The molecule has 0 spiro atoms. The van der Waals surface area contributed by atoms with Gasteiger partial charge in [-0.15, -0.1) is 13.2 Å². The second-order valence-electron chi connectivity index (χ2n) is 2.90. The molecular formula is C8H6F4N2O4. The number of halogens is 4. The largest absolute Gasteiger partial charge is 0.573 e. The van der Waals surface area contributed by atoms with Crippen molar-refractivity contribution in [1.29, 1.82) is 0 Å². The van der Waals surface area contributed by atoms with Gasteiger partial charge in [0, 0.05) is 0 Å². The lowest BCUT2D eigenvalue weighted by Gasteiger charge is -2.12. The molecule has 0 amide bonds. The fourth-order valence-corrected chi connectivity index (χ4v) is 1.10. The number of hydrogen-bond donors (Lipinski definition) is 0. The molecule has 0 atom stereocenters. The summed E-state index contributed by atoms with van der Waals surface area (Å²) in [4.78, 5) is 12.8. The van der Waals surface area contributed by atoms with Gasteiger partial charge in [0.1, 0.15) is 12.4 Å². The van der Waals surface area contributed by atoms with Crippen molar-refractivity contribution in [1.82, 2.24) is 4.98 Å². The van der Waals surface area contributed by atoms with E-state index in [4.69, 9.17) is 0 Å². The van der Waals surface area contributed by atoms with Crippen LogP contribution in [0.4, 0.5) is 23.2 Å². The van der Waals surface area contributed by atoms with Crippen molar-refractivity contribution >= 4 is 5.69 Å². The van der Waals surface area contributed by atoms with Gasteiger partial charge in [-0.1, -0.05) is 0 Å². The number of hydrogen-bond acceptors (Lipinski definition) is 5. The van der Waals surface area contributed by atoms with E-state index in [1.54, 1.807) is 0 Å². The highest BCUT2D eigenvalue weighted by molar-refractivity contribution is 5.51. The van der Waals surface area contributed by atoms with Crippen molar-refractivity contribution < 1.29 is 32.0 Å². The predicted octanol–water partition coefficient (Wildman–Crippen LogP) is 2.37. The molecule has 100 valence electrons. The molecule has 10 heteroatoms. The number of nitro groups is 1. The highest BCUT2D eigenvalue weighted by Crippen LogP contribution is 2.37. The molecule has 1 rings (SSSR count). The number of aromatic nitrogens is 1. The minimum Gasteiger partial charge on any atom is -0.481 e. The number of pyridine rings is 1. The molecule has 0 aliphatic heterocycles. The number of methoxy groups -OCH3 is 1. The molecule has 0 radical (unpaired) electrons. The zero-order valence-corrected chi connectivity index (χ0v) is 8.82. The Morgan fingerprint density at radius 3 is 2.50 bits per heavy atom. The lowest BCUT2D eigenvalue weighted by molar-refractivity contribution is -0.388. The summed E-state index contributed by atoms with van der Waals surface area (Å²) in [6, 6.07) is 0.611. The first-order valence-corrected chi connectivity index (χ1v) is 4.32. The first-order chi connectivity index (χ1) is 8.28. The van der Waals surface area contributed by atoms with Gasteiger partial charge in [-0.3, -0.25) is 10.1 Å². The van der Waals surface area contributed by atoms with Gasteiger partial charge in [0.2, 0.25) is 11.6 Å². The van der Waals surface area contributed by atoms with Crippen molar-refractivity contribution in [2.45, 2.75) is 13.0 Å². The van der Waals surface area contributed by atoms with Crippen LogP contribution in [0.15, 0.2) is 6.07 Å². The third-order valence-electron chi connectivity index (χ3n) is 1.75. The number of alkyl halides is 4. The molecule has 1 aromatic rings. The first-order valence-electron chi connectivity index (χ1n) is 4.32. The summed E-state index contributed by atoms with van der Waals surface area (Å²) in [6.07, 6.45) is -5.19. The molecule has 0 unspecified atom stereocenters. The molecule has 0 aliphatic carbocycles. The van der Waals surface area contributed by atoms with Crippen LogP contribution in [0.25, 0.3) is 0 Å². The van der Waals surface area contributed by atoms with Crippen LogP contribution in [-0.4, -0.2) is 23.4 Å². The van der Waals surface area contributed by atoms with Crippen molar-refractivity contribution in [3.8, 4) is 11.6 Å². The number of rotatable bonds is 4. The van der Waals surface area contributed by atoms with E-state index in [0.29, 0.717) is 6.07 Å². The zero-order valence-electron chi connectivity index (χ0n) is 8.82. The van der Waals surface area contributed by atoms with Gasteiger partial charge in [-0.25, -0.2) is 9.37 Å². The van der Waals surface area contributed by atoms with Crippen molar-refractivity contribution in [2.24, 2.45) is 0 Å². The van der Waals surface area contributed by atoms with Crippen LogP contribution in [0.2, 0.25) is 0 Å². The van der Waals surface area contributed by atoms with Crippen molar-refractivity contribution in [3.63, 3.8) is 0 Å². The van der Waals surface area contributed by atoms with Crippen LogP contribution in [-0.2, 0) is 6.67 Å². The molecule has 0 saturated carbocycles. The maximum absolute atomic E-state index is 12.5. The molecule has 0 fully saturated rings. The fourth-order valence-electron chi connectivity index (χ4n) is 1.10. The standard InChI is InChI=1S/C8H6F4N2O4/c1-17-6-2-5(14(15)16)7(4(3-9)13-6)18-8(10,11)12/h2H,3H2,1H3. The third kappa shape index (κ3) is 3.18. The number of ether oxygens (including phenoxy) is 2. The Kier molecular flexibility index (Phi) is 3.89. The van der Waals surface area contributed by atoms with Gasteiger partial charge in [-0.2, -0.15) is 0 Å². The van der Waals surface area contributed by atoms with E-state index in [0.717, 1.165) is 7.11 Å². The Morgan fingerprint density at radius 2 is 2.11 bits per heavy atom. The van der Waals surface area contributed by atoms with Gasteiger partial charge >= 0.3 is 12.0 Å². The zero-order chi connectivity index (χ0) is 13.9. The van der Waals surface area contributed by atoms with Crippen LogP contribution < -0.4 is 9.47 Å². The molecule has 18 heavy (non-hydrogen) atoms. The molecule has 6 nitrogen and oxygen atoms in total. The second kappa shape index (κ2) is 5.02. The van der Waals surface area contributed by atoms with Gasteiger partial charge in [0.15, 0.2) is 0 Å². The highest BCUT2D eigenvalue weighted by atomic mass is 19.4. The maximum Gasteiger partial charge on any atom is 0.573 e. The normalized spacial score (nSPS) is 11.2. The van der Waals surface area contributed by atoms with Crippen LogP contribution in [0, 0.1) is 10.1 Å². The Morgan fingerprint density at radius 1 is 1.50 bits per heavy atom. The van der Waals surface area contributed by atoms with E-state index >= 15 is 0 Å². The topological polar surface area (TPSA) is 74.5 Å². The average molecular weight is 270 g/mol. The quantitative estimate of drug-likeness (QED) is 0.477. The van der Waals surface area contributed by atoms with Gasteiger partial charge < -0.3 is 9.47 Å². The molecule has 1 heterocycles. The van der Waals surface area contributed by atoms with Crippen LogP contribution >= 0.6 is 0 Å².